The van der Waals surface area contributed by atoms with Gasteiger partial charge in [-0.05, 0) is 44.4 Å². The predicted molar refractivity (Wildman–Crippen MR) is 84.7 cm³/mol. The Kier molecular flexibility index (Phi) is 4.66. The maximum Gasteiger partial charge on any atom is 0.335 e. The van der Waals surface area contributed by atoms with Crippen LogP contribution in [0.4, 0.5) is 0 Å². The molecule has 2 rings (SSSR count). The number of aryl methyl sites for hydroxylation is 2. The first-order chi connectivity index (χ1) is 10.4. The van der Waals surface area contributed by atoms with E-state index in [1.165, 1.54) is 6.92 Å². The second kappa shape index (κ2) is 6.32. The van der Waals surface area contributed by atoms with Crippen molar-refractivity contribution in [2.24, 2.45) is 0 Å². The maximum atomic E-state index is 12.0. The van der Waals surface area contributed by atoms with Gasteiger partial charge in [-0.3, -0.25) is 4.79 Å². The second-order valence-corrected chi connectivity index (χ2v) is 5.44. The minimum absolute atomic E-state index is 0.0726. The normalized spacial score (nSPS) is 11.1. The summed E-state index contributed by atoms with van der Waals surface area (Å²) in [5.41, 5.74) is 3.41. The van der Waals surface area contributed by atoms with E-state index in [-0.39, 0.29) is 18.0 Å². The van der Waals surface area contributed by atoms with Gasteiger partial charge in [0, 0.05) is 29.8 Å². The zero-order chi connectivity index (χ0) is 16.4. The number of carbonyl (C=O) groups is 2. The van der Waals surface area contributed by atoms with Crippen molar-refractivity contribution in [2.45, 2.75) is 40.2 Å². The van der Waals surface area contributed by atoms with Crippen LogP contribution in [0.2, 0.25) is 0 Å². The summed E-state index contributed by atoms with van der Waals surface area (Å²) in [6, 6.07) is 3.25. The Bertz CT molecular complexity index is 743. The van der Waals surface area contributed by atoms with Gasteiger partial charge in [0.25, 0.3) is 0 Å². The fourth-order valence-corrected chi connectivity index (χ4v) is 3.05. The average Bonchev–Trinajstić information content (AvgIpc) is 2.75. The Morgan fingerprint density at radius 1 is 1.27 bits per heavy atom. The third kappa shape index (κ3) is 2.64. The van der Waals surface area contributed by atoms with Gasteiger partial charge < -0.3 is 14.8 Å². The Balaban J connectivity index is 2.87. The molecule has 118 valence electrons. The molecule has 0 aliphatic rings. The summed E-state index contributed by atoms with van der Waals surface area (Å²) in [5, 5.41) is 19.1. The van der Waals surface area contributed by atoms with E-state index in [4.69, 9.17) is 5.11 Å². The molecular formula is C17H21NO4. The molecule has 0 aliphatic carbocycles. The highest BCUT2D eigenvalue weighted by Gasteiger charge is 2.21. The highest BCUT2D eigenvalue weighted by atomic mass is 16.4. The second-order valence-electron chi connectivity index (χ2n) is 5.44. The number of hydrogen-bond acceptors (Lipinski definition) is 3. The molecule has 0 amide bonds. The molecule has 0 unspecified atom stereocenters. The number of benzene rings is 1. The van der Waals surface area contributed by atoms with Crippen LogP contribution in [0.15, 0.2) is 12.1 Å². The quantitative estimate of drug-likeness (QED) is 0.804. The SMILES string of the molecule is CCc1cc(C(=O)O)cc2c(C(C)=O)c(C)n(CCCO)c12. The number of rotatable bonds is 6. The van der Waals surface area contributed by atoms with Gasteiger partial charge in [-0.25, -0.2) is 4.79 Å². The van der Waals surface area contributed by atoms with E-state index in [9.17, 15) is 14.7 Å². The van der Waals surface area contributed by atoms with Gasteiger partial charge in [-0.1, -0.05) is 6.92 Å². The number of fused-ring (bicyclic) bond motifs is 1. The van der Waals surface area contributed by atoms with Crippen molar-refractivity contribution in [3.8, 4) is 0 Å². The zero-order valence-electron chi connectivity index (χ0n) is 13.1. The van der Waals surface area contributed by atoms with Gasteiger partial charge in [0.15, 0.2) is 5.78 Å². The maximum absolute atomic E-state index is 12.0. The molecule has 1 heterocycles. The molecule has 2 N–H and O–H groups in total. The molecule has 5 heteroatoms. The molecule has 5 nitrogen and oxygen atoms in total. The Morgan fingerprint density at radius 2 is 1.95 bits per heavy atom. The van der Waals surface area contributed by atoms with Crippen molar-refractivity contribution in [1.82, 2.24) is 4.57 Å². The Morgan fingerprint density at radius 3 is 2.45 bits per heavy atom. The first kappa shape index (κ1) is 16.2. The van der Waals surface area contributed by atoms with Crippen LogP contribution in [0.5, 0.6) is 0 Å². The number of carbonyl (C=O) groups excluding carboxylic acids is 1. The van der Waals surface area contributed by atoms with Crippen LogP contribution >= 0.6 is 0 Å². The molecule has 0 atom stereocenters. The number of Topliss-reactive ketones (excluding diaryl/α,β-unsaturated/α-hetero) is 1. The van der Waals surface area contributed by atoms with Gasteiger partial charge in [0.1, 0.15) is 0 Å². The molecule has 0 bridgehead atoms. The minimum atomic E-state index is -0.994. The van der Waals surface area contributed by atoms with Crippen LogP contribution in [-0.2, 0) is 13.0 Å². The van der Waals surface area contributed by atoms with Crippen LogP contribution in [0, 0.1) is 6.92 Å². The van der Waals surface area contributed by atoms with Crippen LogP contribution in [0.25, 0.3) is 10.9 Å². The minimum Gasteiger partial charge on any atom is -0.478 e. The third-order valence-corrected chi connectivity index (χ3v) is 4.01. The number of aliphatic hydroxyl groups excluding tert-OH is 1. The lowest BCUT2D eigenvalue weighted by molar-refractivity contribution is 0.0696. The molecule has 0 saturated heterocycles. The molecule has 22 heavy (non-hydrogen) atoms. The van der Waals surface area contributed by atoms with E-state index >= 15 is 0 Å². The van der Waals surface area contributed by atoms with Gasteiger partial charge in [-0.2, -0.15) is 0 Å². The fraction of sp³-hybridized carbons (Fsp3) is 0.412. The number of carboxylic acids is 1. The lowest BCUT2D eigenvalue weighted by Crippen LogP contribution is -2.05. The first-order valence-electron chi connectivity index (χ1n) is 7.43. The number of nitrogens with zero attached hydrogens (tertiary/aromatic N) is 1. The van der Waals surface area contributed by atoms with Crippen LogP contribution < -0.4 is 0 Å². The van der Waals surface area contributed by atoms with E-state index in [1.807, 2.05) is 18.4 Å². The summed E-state index contributed by atoms with van der Waals surface area (Å²) < 4.78 is 2.02. The first-order valence-corrected chi connectivity index (χ1v) is 7.43. The lowest BCUT2D eigenvalue weighted by Gasteiger charge is -2.11. The molecule has 2 aromatic rings. The lowest BCUT2D eigenvalue weighted by atomic mass is 10.0. The highest BCUT2D eigenvalue weighted by Crippen LogP contribution is 2.31. The monoisotopic (exact) mass is 303 g/mol. The summed E-state index contributed by atoms with van der Waals surface area (Å²) in [7, 11) is 0. The molecule has 0 radical (unpaired) electrons. The van der Waals surface area contributed by atoms with Gasteiger partial charge in [0.05, 0.1) is 11.1 Å². The van der Waals surface area contributed by atoms with Crippen molar-refractivity contribution in [1.29, 1.82) is 0 Å². The Labute approximate surface area is 129 Å². The van der Waals surface area contributed by atoms with Crippen molar-refractivity contribution in [2.75, 3.05) is 6.61 Å². The number of aromatic carboxylic acids is 1. The summed E-state index contributed by atoms with van der Waals surface area (Å²) in [6.07, 6.45) is 1.27. The number of hydrogen-bond donors (Lipinski definition) is 2. The average molecular weight is 303 g/mol. The smallest absolute Gasteiger partial charge is 0.335 e. The molecule has 0 fully saturated rings. The van der Waals surface area contributed by atoms with Crippen LogP contribution in [0.3, 0.4) is 0 Å². The number of aromatic nitrogens is 1. The Hall–Kier alpha value is -2.14. The van der Waals surface area contributed by atoms with Gasteiger partial charge >= 0.3 is 5.97 Å². The largest absolute Gasteiger partial charge is 0.478 e. The summed E-state index contributed by atoms with van der Waals surface area (Å²) in [4.78, 5) is 23.4. The van der Waals surface area contributed by atoms with Crippen LogP contribution in [0.1, 0.15) is 52.2 Å². The molecule has 1 aromatic carbocycles. The molecule has 0 saturated carbocycles. The van der Waals surface area contributed by atoms with E-state index in [0.717, 1.165) is 16.8 Å². The highest BCUT2D eigenvalue weighted by molar-refractivity contribution is 6.10. The van der Waals surface area contributed by atoms with Gasteiger partial charge in [-0.15, -0.1) is 0 Å². The van der Waals surface area contributed by atoms with E-state index in [1.54, 1.807) is 12.1 Å². The topological polar surface area (TPSA) is 79.5 Å². The third-order valence-electron chi connectivity index (χ3n) is 4.01. The number of carboxylic acid groups (broad SMARTS) is 1. The standard InChI is InChI=1S/C17H21NO4/c1-4-12-8-13(17(21)22)9-14-15(11(3)20)10(2)18(16(12)14)6-5-7-19/h8-9,19H,4-7H2,1-3H3,(H,21,22). The molecule has 1 aromatic heterocycles. The summed E-state index contributed by atoms with van der Waals surface area (Å²) in [6.45, 7) is 6.01. The summed E-state index contributed by atoms with van der Waals surface area (Å²) in [5.74, 6) is -1.07. The molecular weight excluding hydrogens is 282 g/mol. The van der Waals surface area contributed by atoms with E-state index in [0.29, 0.717) is 30.3 Å². The molecule has 0 spiro atoms. The zero-order valence-corrected chi connectivity index (χ0v) is 13.1. The van der Waals surface area contributed by atoms with Crippen LogP contribution in [-0.4, -0.2) is 33.1 Å². The number of aliphatic hydroxyl groups is 1. The molecule has 0 aliphatic heterocycles. The van der Waals surface area contributed by atoms with Crippen molar-refractivity contribution >= 4 is 22.7 Å². The van der Waals surface area contributed by atoms with Crippen molar-refractivity contribution < 1.29 is 19.8 Å². The van der Waals surface area contributed by atoms with Crippen molar-refractivity contribution in [3.63, 3.8) is 0 Å². The fourth-order valence-electron chi connectivity index (χ4n) is 3.05. The number of ketones is 1. The predicted octanol–water partition coefficient (Wildman–Crippen LogP) is 2.80. The summed E-state index contributed by atoms with van der Waals surface area (Å²) >= 11 is 0. The van der Waals surface area contributed by atoms with Gasteiger partial charge in [0.2, 0.25) is 0 Å². The van der Waals surface area contributed by atoms with E-state index < -0.39 is 5.97 Å². The van der Waals surface area contributed by atoms with E-state index in [2.05, 4.69) is 0 Å². The van der Waals surface area contributed by atoms with Crippen molar-refractivity contribution in [3.05, 3.63) is 34.5 Å².